The summed E-state index contributed by atoms with van der Waals surface area (Å²) in [5.41, 5.74) is 6.50. The molecule has 5 rings (SSSR count). The van der Waals surface area contributed by atoms with E-state index in [9.17, 15) is 23.3 Å². The molecule has 3 heterocycles. The zero-order chi connectivity index (χ0) is 23.5. The third-order valence-electron chi connectivity index (χ3n) is 6.94. The van der Waals surface area contributed by atoms with Gasteiger partial charge >= 0.3 is 6.18 Å². The van der Waals surface area contributed by atoms with Crippen LogP contribution in [0, 0.1) is 16.0 Å². The number of aryl methyl sites for hydroxylation is 1. The van der Waals surface area contributed by atoms with Crippen molar-refractivity contribution in [3.8, 4) is 0 Å². The van der Waals surface area contributed by atoms with E-state index in [1.807, 2.05) is 24.9 Å². The summed E-state index contributed by atoms with van der Waals surface area (Å²) in [5.74, 6) is 0.0533. The van der Waals surface area contributed by atoms with E-state index in [1.54, 1.807) is 0 Å². The van der Waals surface area contributed by atoms with E-state index in [4.69, 9.17) is 4.99 Å². The van der Waals surface area contributed by atoms with Crippen LogP contribution in [0.1, 0.15) is 37.4 Å². The van der Waals surface area contributed by atoms with Gasteiger partial charge in [0.2, 0.25) is 0 Å². The smallest absolute Gasteiger partial charge is 0.370 e. The highest BCUT2D eigenvalue weighted by Gasteiger charge is 2.46. The van der Waals surface area contributed by atoms with E-state index in [0.717, 1.165) is 63.9 Å². The normalized spacial score (nSPS) is 24.3. The molecule has 1 aromatic heterocycles. The largest absolute Gasteiger partial charge is 0.433 e. The number of rotatable bonds is 4. The summed E-state index contributed by atoms with van der Waals surface area (Å²) in [5, 5.41) is 11.8. The van der Waals surface area contributed by atoms with Crippen molar-refractivity contribution in [3.63, 3.8) is 0 Å². The molecule has 0 spiro atoms. The molecule has 4 aliphatic rings. The van der Waals surface area contributed by atoms with Crippen LogP contribution < -0.4 is 0 Å². The Balaban J connectivity index is 1.43. The van der Waals surface area contributed by atoms with E-state index in [1.165, 1.54) is 12.3 Å². The molecule has 2 atom stereocenters. The van der Waals surface area contributed by atoms with Gasteiger partial charge in [-0.05, 0) is 61.0 Å². The molecule has 0 amide bonds. The molecule has 0 fully saturated rings. The number of nitro groups is 1. The molecule has 0 saturated heterocycles. The second kappa shape index (κ2) is 7.67. The zero-order valence-corrected chi connectivity index (χ0v) is 18.3. The molecule has 33 heavy (non-hydrogen) atoms. The van der Waals surface area contributed by atoms with Crippen molar-refractivity contribution in [2.24, 2.45) is 10.9 Å². The number of halogens is 3. The Hall–Kier alpha value is -3.23. The average Bonchev–Trinajstić information content (AvgIpc) is 3.32. The van der Waals surface area contributed by atoms with Gasteiger partial charge < -0.3 is 4.90 Å². The summed E-state index contributed by atoms with van der Waals surface area (Å²) in [4.78, 5) is 22.0. The molecule has 2 aliphatic heterocycles. The third-order valence-corrected chi connectivity index (χ3v) is 6.94. The Morgan fingerprint density at radius 3 is 2.70 bits per heavy atom. The average molecular weight is 456 g/mol. The zero-order valence-electron chi connectivity index (χ0n) is 18.3. The molecule has 2 aliphatic carbocycles. The lowest BCUT2D eigenvalue weighted by molar-refractivity contribution is -0.508. The van der Waals surface area contributed by atoms with Gasteiger partial charge in [0, 0.05) is 29.8 Å². The van der Waals surface area contributed by atoms with Crippen LogP contribution in [0.2, 0.25) is 0 Å². The number of allylic oxidation sites excluding steroid dienone is 6. The second-order valence-electron chi connectivity index (χ2n) is 8.98. The number of hydrogen-bond acceptors (Lipinski definition) is 5. The molecule has 0 bridgehead atoms. The molecule has 2 unspecified atom stereocenters. The Kier molecular flexibility index (Phi) is 5.02. The Morgan fingerprint density at radius 2 is 2.03 bits per heavy atom. The standard InChI is InChI=1S/C24H23F3N4O2/c1-13-3-6-15(7-4-14-5-10-19(28-11-14)24(25,26)27)20-16-8-9-17-21(23(16)29-22(13)20)18(31(32)33)12-30(17)2/h3,5-6,10-11,15,18H,4,7-9,12H2,1-2H3. The molecular weight excluding hydrogens is 433 g/mol. The van der Waals surface area contributed by atoms with Crippen molar-refractivity contribution in [1.82, 2.24) is 9.88 Å². The fourth-order valence-electron chi connectivity index (χ4n) is 5.32. The molecule has 0 N–H and O–H groups in total. The van der Waals surface area contributed by atoms with Gasteiger partial charge in [-0.25, -0.2) is 4.99 Å². The van der Waals surface area contributed by atoms with Crippen LogP contribution in [0.3, 0.4) is 0 Å². The summed E-state index contributed by atoms with van der Waals surface area (Å²) >= 11 is 0. The van der Waals surface area contributed by atoms with Crippen molar-refractivity contribution in [1.29, 1.82) is 0 Å². The molecule has 6 nitrogen and oxygen atoms in total. The van der Waals surface area contributed by atoms with Crippen LogP contribution in [0.15, 0.2) is 69.2 Å². The lowest BCUT2D eigenvalue weighted by Gasteiger charge is -2.25. The minimum atomic E-state index is -4.45. The Morgan fingerprint density at radius 1 is 1.24 bits per heavy atom. The first-order chi connectivity index (χ1) is 15.6. The first-order valence-corrected chi connectivity index (χ1v) is 11.0. The highest BCUT2D eigenvalue weighted by molar-refractivity contribution is 6.18. The summed E-state index contributed by atoms with van der Waals surface area (Å²) in [6, 6.07) is 1.72. The maximum atomic E-state index is 12.8. The summed E-state index contributed by atoms with van der Waals surface area (Å²) in [7, 11) is 1.90. The molecule has 1 aromatic rings. The maximum Gasteiger partial charge on any atom is 0.433 e. The van der Waals surface area contributed by atoms with Gasteiger partial charge in [-0.2, -0.15) is 13.2 Å². The van der Waals surface area contributed by atoms with Gasteiger partial charge in [0.05, 0.1) is 23.5 Å². The minimum Gasteiger partial charge on any atom is -0.370 e. The number of likely N-dealkylation sites (N-methyl/N-ethyl adjacent to an activating group) is 1. The van der Waals surface area contributed by atoms with E-state index in [0.29, 0.717) is 19.4 Å². The lowest BCUT2D eigenvalue weighted by Crippen LogP contribution is -2.29. The molecule has 0 saturated carbocycles. The molecule has 0 radical (unpaired) electrons. The van der Waals surface area contributed by atoms with Crippen molar-refractivity contribution >= 4 is 5.71 Å². The predicted molar refractivity (Wildman–Crippen MR) is 117 cm³/mol. The van der Waals surface area contributed by atoms with Gasteiger partial charge in [-0.15, -0.1) is 0 Å². The maximum absolute atomic E-state index is 12.8. The quantitative estimate of drug-likeness (QED) is 0.478. The molecule has 172 valence electrons. The number of hydrogen-bond donors (Lipinski definition) is 0. The third kappa shape index (κ3) is 3.59. The Bertz CT molecular complexity index is 1190. The fraction of sp³-hybridized carbons (Fsp3) is 0.417. The number of aromatic nitrogens is 1. The number of aliphatic imine (C=N–C) groups is 1. The fourth-order valence-corrected chi connectivity index (χ4v) is 5.32. The van der Waals surface area contributed by atoms with Crippen molar-refractivity contribution in [2.75, 3.05) is 13.6 Å². The second-order valence-corrected chi connectivity index (χ2v) is 8.98. The lowest BCUT2D eigenvalue weighted by atomic mass is 9.79. The summed E-state index contributed by atoms with van der Waals surface area (Å²) in [6.07, 6.45) is 3.80. The van der Waals surface area contributed by atoms with Crippen molar-refractivity contribution in [3.05, 3.63) is 85.5 Å². The van der Waals surface area contributed by atoms with Crippen LogP contribution in [-0.4, -0.2) is 40.2 Å². The van der Waals surface area contributed by atoms with Crippen molar-refractivity contribution < 1.29 is 18.1 Å². The summed E-state index contributed by atoms with van der Waals surface area (Å²) < 4.78 is 38.4. The predicted octanol–water partition coefficient (Wildman–Crippen LogP) is 4.88. The minimum absolute atomic E-state index is 0.0533. The number of pyridine rings is 1. The number of alkyl halides is 3. The highest BCUT2D eigenvalue weighted by atomic mass is 19.4. The number of fused-ring (bicyclic) bond motifs is 3. The van der Waals surface area contributed by atoms with Gasteiger partial charge in [-0.3, -0.25) is 15.1 Å². The number of nitrogens with zero attached hydrogens (tertiary/aromatic N) is 4. The molecular formula is C24H23F3N4O2. The van der Waals surface area contributed by atoms with E-state index in [-0.39, 0.29) is 10.8 Å². The van der Waals surface area contributed by atoms with Gasteiger partial charge in [0.1, 0.15) is 5.69 Å². The molecule has 9 heteroatoms. The van der Waals surface area contributed by atoms with Crippen molar-refractivity contribution in [2.45, 2.75) is 44.8 Å². The first-order valence-electron chi connectivity index (χ1n) is 11.0. The summed E-state index contributed by atoms with van der Waals surface area (Å²) in [6.45, 7) is 2.35. The van der Waals surface area contributed by atoms with Crippen LogP contribution >= 0.6 is 0 Å². The van der Waals surface area contributed by atoms with Crippen LogP contribution in [-0.2, 0) is 12.6 Å². The molecule has 0 aromatic carbocycles. The van der Waals surface area contributed by atoms with Gasteiger partial charge in [0.25, 0.3) is 6.04 Å². The van der Waals surface area contributed by atoms with E-state index >= 15 is 0 Å². The van der Waals surface area contributed by atoms with Crippen LogP contribution in [0.25, 0.3) is 0 Å². The monoisotopic (exact) mass is 456 g/mol. The van der Waals surface area contributed by atoms with Crippen LogP contribution in [0.4, 0.5) is 13.2 Å². The highest BCUT2D eigenvalue weighted by Crippen LogP contribution is 2.47. The van der Waals surface area contributed by atoms with E-state index in [2.05, 4.69) is 11.1 Å². The van der Waals surface area contributed by atoms with Gasteiger partial charge in [-0.1, -0.05) is 18.2 Å². The first kappa shape index (κ1) is 21.6. The van der Waals surface area contributed by atoms with Crippen LogP contribution in [0.5, 0.6) is 0 Å². The SMILES string of the molecule is CC1=C2N=C3C(=C2C(CCc2ccc(C(F)(F)F)nc2)C=C1)CCC1=C3C([N+](=O)[O-])CN1C. The topological polar surface area (TPSA) is 71.6 Å². The Labute approximate surface area is 189 Å². The van der Waals surface area contributed by atoms with E-state index < -0.39 is 17.9 Å². The van der Waals surface area contributed by atoms with Gasteiger partial charge in [0.15, 0.2) is 0 Å².